The molecule has 146 valence electrons. The Kier molecular flexibility index (Phi) is 3.70. The minimum atomic E-state index is -0.637. The van der Waals surface area contributed by atoms with Crippen LogP contribution in [0.15, 0.2) is 65.8 Å². The van der Waals surface area contributed by atoms with E-state index in [9.17, 15) is 14.0 Å². The molecule has 3 amide bonds. The lowest BCUT2D eigenvalue weighted by Crippen LogP contribution is -2.63. The van der Waals surface area contributed by atoms with Gasteiger partial charge in [0.2, 0.25) is 5.96 Å². The van der Waals surface area contributed by atoms with Crippen molar-refractivity contribution in [2.45, 2.75) is 12.2 Å². The molecule has 2 unspecified atom stereocenters. The van der Waals surface area contributed by atoms with Gasteiger partial charge in [0.1, 0.15) is 5.82 Å². The Morgan fingerprint density at radius 2 is 1.66 bits per heavy atom. The number of likely N-dealkylation sites (N-methyl/N-ethyl adjacent to an activating group) is 2. The minimum absolute atomic E-state index is 0.304. The van der Waals surface area contributed by atoms with E-state index in [0.717, 1.165) is 21.8 Å². The second-order valence-electron chi connectivity index (χ2n) is 7.18. The fourth-order valence-electron chi connectivity index (χ4n) is 3.98. The third-order valence-electron chi connectivity index (χ3n) is 5.49. The topological polar surface area (TPSA) is 59.5 Å². The van der Waals surface area contributed by atoms with Crippen LogP contribution in [-0.4, -0.2) is 58.9 Å². The summed E-state index contributed by atoms with van der Waals surface area (Å²) in [4.78, 5) is 36.3. The first-order valence-electron chi connectivity index (χ1n) is 9.21. The molecule has 2 aromatic rings. The summed E-state index contributed by atoms with van der Waals surface area (Å²) in [5, 5.41) is 0. The fourth-order valence-corrected chi connectivity index (χ4v) is 3.98. The number of anilines is 1. The van der Waals surface area contributed by atoms with Crippen molar-refractivity contribution in [1.82, 2.24) is 14.7 Å². The lowest BCUT2D eigenvalue weighted by molar-refractivity contribution is -0.135. The van der Waals surface area contributed by atoms with Gasteiger partial charge in [0.25, 0.3) is 5.91 Å². The SMILES string of the molecule is CN1C(=O)C2C(N=C3N(c4ccc(F)cc4)C(c4ccccc4)=CN32)N(C)C1=O. The Morgan fingerprint density at radius 3 is 2.34 bits per heavy atom. The van der Waals surface area contributed by atoms with Gasteiger partial charge < -0.3 is 4.90 Å². The number of carbonyl (C=O) groups is 2. The molecule has 1 fully saturated rings. The molecule has 2 aromatic carbocycles. The number of fused-ring (bicyclic) bond motifs is 3. The number of guanidine groups is 1. The summed E-state index contributed by atoms with van der Waals surface area (Å²) < 4.78 is 13.5. The summed E-state index contributed by atoms with van der Waals surface area (Å²) in [5.41, 5.74) is 2.48. The Hall–Kier alpha value is -3.68. The number of benzene rings is 2. The molecule has 0 bridgehead atoms. The summed E-state index contributed by atoms with van der Waals surface area (Å²) in [6, 6.07) is 14.8. The third kappa shape index (κ3) is 2.45. The van der Waals surface area contributed by atoms with Crippen molar-refractivity contribution in [2.24, 2.45) is 4.99 Å². The van der Waals surface area contributed by atoms with Crippen LogP contribution in [0.1, 0.15) is 5.56 Å². The number of aliphatic imine (C=N–C) groups is 1. The van der Waals surface area contributed by atoms with E-state index < -0.39 is 12.2 Å². The molecule has 2 atom stereocenters. The highest BCUT2D eigenvalue weighted by Gasteiger charge is 2.54. The van der Waals surface area contributed by atoms with Gasteiger partial charge in [-0.25, -0.2) is 14.2 Å². The Bertz CT molecular complexity index is 1070. The highest BCUT2D eigenvalue weighted by atomic mass is 19.1. The normalized spacial score (nSPS) is 23.3. The Morgan fingerprint density at radius 1 is 0.966 bits per heavy atom. The van der Waals surface area contributed by atoms with Crippen LogP contribution in [0.3, 0.4) is 0 Å². The van der Waals surface area contributed by atoms with Crippen LogP contribution in [0.4, 0.5) is 14.9 Å². The zero-order valence-corrected chi connectivity index (χ0v) is 15.9. The molecule has 0 spiro atoms. The van der Waals surface area contributed by atoms with Gasteiger partial charge in [-0.2, -0.15) is 0 Å². The van der Waals surface area contributed by atoms with Gasteiger partial charge in [-0.05, 0) is 24.3 Å². The monoisotopic (exact) mass is 391 g/mol. The smallest absolute Gasteiger partial charge is 0.302 e. The van der Waals surface area contributed by atoms with Crippen LogP contribution in [0.2, 0.25) is 0 Å². The van der Waals surface area contributed by atoms with Crippen LogP contribution < -0.4 is 4.90 Å². The average Bonchev–Trinajstić information content (AvgIpc) is 3.28. The van der Waals surface area contributed by atoms with Crippen molar-refractivity contribution in [3.63, 3.8) is 0 Å². The van der Waals surface area contributed by atoms with Crippen molar-refractivity contribution in [3.05, 3.63) is 72.2 Å². The highest BCUT2D eigenvalue weighted by molar-refractivity contribution is 6.16. The van der Waals surface area contributed by atoms with Crippen LogP contribution in [-0.2, 0) is 4.79 Å². The maximum Gasteiger partial charge on any atom is 0.328 e. The number of amides is 3. The zero-order chi connectivity index (χ0) is 20.3. The maximum absolute atomic E-state index is 13.5. The van der Waals surface area contributed by atoms with Crippen molar-refractivity contribution < 1.29 is 14.0 Å². The molecule has 8 heteroatoms. The zero-order valence-electron chi connectivity index (χ0n) is 15.9. The number of carbonyl (C=O) groups excluding carboxylic acids is 2. The van der Waals surface area contributed by atoms with Gasteiger partial charge in [0.15, 0.2) is 12.2 Å². The van der Waals surface area contributed by atoms with E-state index in [0.29, 0.717) is 5.96 Å². The molecule has 5 rings (SSSR count). The van der Waals surface area contributed by atoms with Gasteiger partial charge in [0, 0.05) is 31.5 Å². The second kappa shape index (κ2) is 6.16. The third-order valence-corrected chi connectivity index (χ3v) is 5.49. The minimum Gasteiger partial charge on any atom is -0.302 e. The second-order valence-corrected chi connectivity index (χ2v) is 7.18. The lowest BCUT2D eigenvalue weighted by atomic mass is 10.1. The van der Waals surface area contributed by atoms with Crippen molar-refractivity contribution in [3.8, 4) is 0 Å². The van der Waals surface area contributed by atoms with Gasteiger partial charge in [-0.15, -0.1) is 0 Å². The van der Waals surface area contributed by atoms with Gasteiger partial charge in [0.05, 0.1) is 5.70 Å². The van der Waals surface area contributed by atoms with E-state index in [-0.39, 0.29) is 17.8 Å². The predicted molar refractivity (Wildman–Crippen MR) is 106 cm³/mol. The molecule has 7 nitrogen and oxygen atoms in total. The number of nitrogens with zero attached hydrogens (tertiary/aromatic N) is 5. The van der Waals surface area contributed by atoms with Crippen LogP contribution >= 0.6 is 0 Å². The number of hydrogen-bond donors (Lipinski definition) is 0. The first kappa shape index (κ1) is 17.4. The fraction of sp³-hybridized carbons (Fsp3) is 0.190. The molecule has 0 saturated carbocycles. The van der Waals surface area contributed by atoms with Crippen LogP contribution in [0, 0.1) is 5.82 Å². The summed E-state index contributed by atoms with van der Waals surface area (Å²) in [7, 11) is 3.12. The molecular formula is C21H18FN5O2. The molecule has 0 aromatic heterocycles. The summed E-state index contributed by atoms with van der Waals surface area (Å²) >= 11 is 0. The molecule has 3 aliphatic heterocycles. The Balaban J connectivity index is 1.65. The lowest BCUT2D eigenvalue weighted by Gasteiger charge is -2.38. The van der Waals surface area contributed by atoms with Gasteiger partial charge in [-0.3, -0.25) is 19.5 Å². The van der Waals surface area contributed by atoms with E-state index in [1.165, 1.54) is 24.1 Å². The number of rotatable bonds is 2. The quantitative estimate of drug-likeness (QED) is 0.790. The standard InChI is InChI=1S/C21H18FN5O2/c1-24-18-17(19(28)25(2)21(24)29)26-12-16(13-6-4-3-5-7-13)27(20(26)23-18)15-10-8-14(22)9-11-15/h3-12,17-18H,1-2H3. The van der Waals surface area contributed by atoms with Crippen molar-refractivity contribution in [2.75, 3.05) is 19.0 Å². The van der Waals surface area contributed by atoms with E-state index >= 15 is 0 Å². The molecule has 29 heavy (non-hydrogen) atoms. The van der Waals surface area contributed by atoms with Gasteiger partial charge >= 0.3 is 6.03 Å². The summed E-state index contributed by atoms with van der Waals surface area (Å²) in [5.74, 6) is -0.102. The predicted octanol–water partition coefficient (Wildman–Crippen LogP) is 2.53. The molecule has 3 heterocycles. The van der Waals surface area contributed by atoms with Crippen molar-refractivity contribution in [1.29, 1.82) is 0 Å². The van der Waals surface area contributed by atoms with E-state index in [4.69, 9.17) is 4.99 Å². The van der Waals surface area contributed by atoms with Crippen molar-refractivity contribution >= 4 is 29.3 Å². The van der Waals surface area contributed by atoms with E-state index in [2.05, 4.69) is 0 Å². The number of imide groups is 1. The van der Waals surface area contributed by atoms with Gasteiger partial charge in [-0.1, -0.05) is 30.3 Å². The molecule has 0 N–H and O–H groups in total. The molecule has 0 radical (unpaired) electrons. The number of halogens is 1. The Labute approximate surface area is 166 Å². The largest absolute Gasteiger partial charge is 0.328 e. The maximum atomic E-state index is 13.5. The molecular weight excluding hydrogens is 373 g/mol. The molecule has 0 aliphatic carbocycles. The van der Waals surface area contributed by atoms with Crippen LogP contribution in [0.5, 0.6) is 0 Å². The highest BCUT2D eigenvalue weighted by Crippen LogP contribution is 2.39. The number of hydrogen-bond acceptors (Lipinski definition) is 5. The van der Waals surface area contributed by atoms with Crippen LogP contribution in [0.25, 0.3) is 5.70 Å². The first-order valence-corrected chi connectivity index (χ1v) is 9.21. The summed E-state index contributed by atoms with van der Waals surface area (Å²) in [6.07, 6.45) is 1.26. The summed E-state index contributed by atoms with van der Waals surface area (Å²) in [6.45, 7) is 0. The van der Waals surface area contributed by atoms with E-state index in [1.807, 2.05) is 41.4 Å². The van der Waals surface area contributed by atoms with E-state index in [1.54, 1.807) is 24.1 Å². The molecule has 3 aliphatic rings. The average molecular weight is 391 g/mol. The first-order chi connectivity index (χ1) is 14.0. The molecule has 1 saturated heterocycles. The number of urea groups is 1.